The molecule has 39 heavy (non-hydrogen) atoms. The molecule has 3 rings (SSSR count). The number of rotatable bonds is 4. The van der Waals surface area contributed by atoms with Gasteiger partial charge in [0.25, 0.3) is 0 Å². The Morgan fingerprint density at radius 2 is 1.26 bits per heavy atom. The number of Topliss-reactive ketones (excluding diaryl/α,β-unsaturated/α-hetero) is 1. The summed E-state index contributed by atoms with van der Waals surface area (Å²) >= 11 is 5.21. The fourth-order valence-corrected chi connectivity index (χ4v) is 7.13. The lowest BCUT2D eigenvalue weighted by Gasteiger charge is -2.28. The van der Waals surface area contributed by atoms with Crippen LogP contribution in [-0.4, -0.2) is 15.3 Å². The van der Waals surface area contributed by atoms with E-state index in [4.69, 9.17) is 10.5 Å². The van der Waals surface area contributed by atoms with E-state index in [-0.39, 0.29) is 26.1 Å². The Morgan fingerprint density at radius 1 is 0.821 bits per heavy atom. The summed E-state index contributed by atoms with van der Waals surface area (Å²) in [5.74, 6) is 0.00276. The van der Waals surface area contributed by atoms with E-state index in [2.05, 4.69) is 95.2 Å². The summed E-state index contributed by atoms with van der Waals surface area (Å²) in [5.41, 5.74) is 11.3. The number of allylic oxidation sites excluding steroid dienone is 6. The van der Waals surface area contributed by atoms with E-state index in [1.165, 1.54) is 9.75 Å². The summed E-state index contributed by atoms with van der Waals surface area (Å²) in [4.78, 5) is 16.1. The van der Waals surface area contributed by atoms with Gasteiger partial charge in [-0.3, -0.25) is 4.79 Å². The molecule has 0 radical (unpaired) electrons. The van der Waals surface area contributed by atoms with Gasteiger partial charge in [-0.2, -0.15) is 0 Å². The number of ether oxygens (including phenoxy) is 1. The molecule has 212 valence electrons. The molecule has 0 fully saturated rings. The molecule has 0 amide bonds. The van der Waals surface area contributed by atoms with E-state index in [0.717, 1.165) is 26.9 Å². The van der Waals surface area contributed by atoms with Gasteiger partial charge in [0, 0.05) is 43.6 Å². The molecule has 2 N–H and O–H groups in total. The van der Waals surface area contributed by atoms with Crippen molar-refractivity contribution in [1.29, 1.82) is 0 Å². The number of thioether (sulfide) groups is 2. The lowest BCUT2D eigenvalue weighted by Crippen LogP contribution is -2.28. The minimum absolute atomic E-state index is 0.00276. The molecule has 0 atom stereocenters. The Hall–Kier alpha value is -1.76. The molecular formula is C33H46NO2S3+. The minimum Gasteiger partial charge on any atom is -0.444 e. The van der Waals surface area contributed by atoms with Crippen LogP contribution in [0.4, 0.5) is 0 Å². The SMILES string of the molecule is CC(=C1C=C(SC(C)(C)C)OC(SC(C)(C)C)=C1)C1=C(N)/C(=C\c2cc(C(C)(C)C)[s+]c(C(C)(C)C)c2)C1=O. The maximum Gasteiger partial charge on any atom is 0.219 e. The number of carbonyl (C=O) groups excluding carboxylic acids is 1. The van der Waals surface area contributed by atoms with Gasteiger partial charge in [-0.05, 0) is 41.9 Å². The Balaban J connectivity index is 2.09. The van der Waals surface area contributed by atoms with Crippen molar-refractivity contribution >= 4 is 46.7 Å². The van der Waals surface area contributed by atoms with Gasteiger partial charge in [-0.15, -0.1) is 0 Å². The van der Waals surface area contributed by atoms with E-state index >= 15 is 0 Å². The molecule has 1 aromatic rings. The highest BCUT2D eigenvalue weighted by Gasteiger charge is 2.36. The predicted molar refractivity (Wildman–Crippen MR) is 175 cm³/mol. The minimum atomic E-state index is -0.00541. The zero-order valence-corrected chi connectivity index (χ0v) is 28.5. The van der Waals surface area contributed by atoms with Gasteiger partial charge in [0.15, 0.2) is 16.0 Å². The lowest BCUT2D eigenvalue weighted by atomic mass is 9.80. The first-order valence-corrected chi connectivity index (χ1v) is 16.0. The van der Waals surface area contributed by atoms with Crippen LogP contribution in [0.15, 0.2) is 62.5 Å². The smallest absolute Gasteiger partial charge is 0.219 e. The Labute approximate surface area is 249 Å². The highest BCUT2D eigenvalue weighted by molar-refractivity contribution is 8.05. The largest absolute Gasteiger partial charge is 0.444 e. The van der Waals surface area contributed by atoms with Gasteiger partial charge in [-0.1, -0.05) is 107 Å². The van der Waals surface area contributed by atoms with Crippen LogP contribution in [0.1, 0.15) is 105 Å². The summed E-state index contributed by atoms with van der Waals surface area (Å²) < 4.78 is 6.24. The second kappa shape index (κ2) is 10.9. The molecule has 0 spiro atoms. The fourth-order valence-electron chi connectivity index (χ4n) is 4.00. The molecule has 0 saturated heterocycles. The van der Waals surface area contributed by atoms with Gasteiger partial charge in [0.1, 0.15) is 0 Å². The fraction of sp³-hybridized carbons (Fsp3) is 0.515. The van der Waals surface area contributed by atoms with Crippen LogP contribution in [0, 0.1) is 0 Å². The van der Waals surface area contributed by atoms with Gasteiger partial charge >= 0.3 is 0 Å². The van der Waals surface area contributed by atoms with Gasteiger partial charge in [-0.25, -0.2) is 0 Å². The van der Waals surface area contributed by atoms with Crippen LogP contribution in [0.25, 0.3) is 6.08 Å². The van der Waals surface area contributed by atoms with Crippen LogP contribution < -0.4 is 5.73 Å². The predicted octanol–water partition coefficient (Wildman–Crippen LogP) is 9.90. The van der Waals surface area contributed by atoms with Gasteiger partial charge < -0.3 is 10.5 Å². The van der Waals surface area contributed by atoms with Crippen molar-refractivity contribution in [2.75, 3.05) is 0 Å². The second-order valence-corrected chi connectivity index (χ2v) is 19.1. The van der Waals surface area contributed by atoms with Crippen LogP contribution in [-0.2, 0) is 20.4 Å². The third kappa shape index (κ3) is 8.14. The third-order valence-corrected chi connectivity index (χ3v) is 9.94. The summed E-state index contributed by atoms with van der Waals surface area (Å²) in [6.45, 7) is 28.4. The third-order valence-electron chi connectivity index (χ3n) is 6.01. The molecule has 0 aromatic carbocycles. The topological polar surface area (TPSA) is 52.3 Å². The zero-order chi connectivity index (χ0) is 29.7. The molecule has 1 aliphatic carbocycles. The van der Waals surface area contributed by atoms with Crippen molar-refractivity contribution in [2.24, 2.45) is 5.73 Å². The van der Waals surface area contributed by atoms with Crippen LogP contribution in [0.5, 0.6) is 0 Å². The Bertz CT molecular complexity index is 1260. The molecule has 3 nitrogen and oxygen atoms in total. The first-order chi connectivity index (χ1) is 17.5. The van der Waals surface area contributed by atoms with Crippen molar-refractivity contribution in [3.8, 4) is 0 Å². The molecule has 1 aliphatic heterocycles. The molecule has 0 bridgehead atoms. The first kappa shape index (κ1) is 31.8. The van der Waals surface area contributed by atoms with Crippen molar-refractivity contribution < 1.29 is 9.53 Å². The molecule has 0 unspecified atom stereocenters. The van der Waals surface area contributed by atoms with Gasteiger partial charge in [0.2, 0.25) is 21.1 Å². The van der Waals surface area contributed by atoms with Crippen LogP contribution in [0.2, 0.25) is 0 Å². The van der Waals surface area contributed by atoms with Gasteiger partial charge in [0.05, 0.1) is 5.70 Å². The molecule has 0 saturated carbocycles. The standard InChI is InChI=1S/C33H45NO2S3/c1-19(21-17-25(38-32(8,9)10)36-26(18-21)39-33(11,12)13)27-28(34)22(29(27)35)14-20-15-23(30(2,3)4)37-24(16-20)31(5,6)7/h14-18H,1-13H3,(H-,34,35)/p+1/b22-14+. The lowest BCUT2D eigenvalue weighted by molar-refractivity contribution is -0.112. The number of hydrogen-bond donors (Lipinski definition) is 1. The Morgan fingerprint density at radius 3 is 1.62 bits per heavy atom. The van der Waals surface area contributed by atoms with E-state index in [1.54, 1.807) is 23.5 Å². The monoisotopic (exact) mass is 584 g/mol. The van der Waals surface area contributed by atoms with Crippen LogP contribution in [0.3, 0.4) is 0 Å². The maximum absolute atomic E-state index is 13.5. The molecular weight excluding hydrogens is 539 g/mol. The molecule has 1 aromatic heterocycles. The number of carbonyl (C=O) groups is 1. The summed E-state index contributed by atoms with van der Waals surface area (Å²) in [5, 5.41) is 1.67. The number of ketones is 1. The first-order valence-electron chi connectivity index (χ1n) is 13.5. The summed E-state index contributed by atoms with van der Waals surface area (Å²) in [6, 6.07) is 4.40. The number of hydrogen-bond acceptors (Lipinski definition) is 5. The van der Waals surface area contributed by atoms with Crippen molar-refractivity contribution in [1.82, 2.24) is 0 Å². The zero-order valence-electron chi connectivity index (χ0n) is 26.0. The summed E-state index contributed by atoms with van der Waals surface area (Å²) in [6.07, 6.45) is 6.04. The number of nitrogens with two attached hydrogens (primary N) is 1. The van der Waals surface area contributed by atoms with E-state index in [9.17, 15) is 4.79 Å². The average molecular weight is 585 g/mol. The van der Waals surface area contributed by atoms with E-state index in [1.807, 2.05) is 36.5 Å². The Kier molecular flexibility index (Phi) is 8.88. The maximum atomic E-state index is 13.5. The second-order valence-electron chi connectivity index (χ2n) is 14.3. The highest BCUT2D eigenvalue weighted by Crippen LogP contribution is 2.44. The summed E-state index contributed by atoms with van der Waals surface area (Å²) in [7, 11) is 0. The van der Waals surface area contributed by atoms with E-state index < -0.39 is 0 Å². The molecule has 2 heterocycles. The van der Waals surface area contributed by atoms with E-state index in [0.29, 0.717) is 16.8 Å². The van der Waals surface area contributed by atoms with Crippen LogP contribution >= 0.6 is 34.9 Å². The quantitative estimate of drug-likeness (QED) is 0.282. The normalized spacial score (nSPS) is 18.1. The average Bonchev–Trinajstić information content (AvgIpc) is 2.73. The molecule has 2 aliphatic rings. The van der Waals surface area contributed by atoms with Crippen molar-refractivity contribution in [2.45, 2.75) is 110 Å². The molecule has 6 heteroatoms. The van der Waals surface area contributed by atoms with Crippen molar-refractivity contribution in [3.63, 3.8) is 0 Å². The highest BCUT2D eigenvalue weighted by atomic mass is 32.2. The van der Waals surface area contributed by atoms with Crippen molar-refractivity contribution in [3.05, 3.63) is 77.8 Å².